The summed E-state index contributed by atoms with van der Waals surface area (Å²) in [4.78, 5) is 11.2. The van der Waals surface area contributed by atoms with Gasteiger partial charge in [0.05, 0.1) is 5.92 Å². The van der Waals surface area contributed by atoms with E-state index in [0.717, 1.165) is 17.9 Å². The molecule has 98 valence electrons. The standard InChI is InChI=1S/C13H16O4S/c14-11-3-1-2-4-12(11)17-7-10(13(15)16)9-5-6-18-8-9/h1-4,9-10,14H,5-8H2,(H,15,16). The van der Waals surface area contributed by atoms with E-state index in [2.05, 4.69) is 0 Å². The van der Waals surface area contributed by atoms with Gasteiger partial charge in [0.15, 0.2) is 11.5 Å². The first-order valence-electron chi connectivity index (χ1n) is 5.90. The molecular weight excluding hydrogens is 252 g/mol. The average molecular weight is 268 g/mol. The minimum Gasteiger partial charge on any atom is -0.504 e. The van der Waals surface area contributed by atoms with Crippen LogP contribution < -0.4 is 4.74 Å². The van der Waals surface area contributed by atoms with Crippen LogP contribution in [-0.4, -0.2) is 34.3 Å². The number of phenols is 1. The van der Waals surface area contributed by atoms with Crippen LogP contribution >= 0.6 is 11.8 Å². The van der Waals surface area contributed by atoms with Crippen LogP contribution in [0.2, 0.25) is 0 Å². The highest BCUT2D eigenvalue weighted by atomic mass is 32.2. The highest BCUT2D eigenvalue weighted by molar-refractivity contribution is 7.99. The fraction of sp³-hybridized carbons (Fsp3) is 0.462. The third kappa shape index (κ3) is 3.10. The second-order valence-electron chi connectivity index (χ2n) is 4.35. The average Bonchev–Trinajstić information content (AvgIpc) is 2.85. The minimum atomic E-state index is -0.821. The van der Waals surface area contributed by atoms with Gasteiger partial charge in [-0.3, -0.25) is 4.79 Å². The third-order valence-electron chi connectivity index (χ3n) is 3.13. The molecule has 2 unspecified atom stereocenters. The summed E-state index contributed by atoms with van der Waals surface area (Å²) in [6.45, 7) is 0.109. The molecule has 18 heavy (non-hydrogen) atoms. The predicted molar refractivity (Wildman–Crippen MR) is 70.2 cm³/mol. The fourth-order valence-corrected chi connectivity index (χ4v) is 3.38. The van der Waals surface area contributed by atoms with E-state index in [1.54, 1.807) is 30.0 Å². The van der Waals surface area contributed by atoms with Gasteiger partial charge in [-0.05, 0) is 36.0 Å². The van der Waals surface area contributed by atoms with Gasteiger partial charge in [0.1, 0.15) is 6.61 Å². The molecule has 2 rings (SSSR count). The first kappa shape index (κ1) is 13.1. The van der Waals surface area contributed by atoms with Gasteiger partial charge in [0.2, 0.25) is 0 Å². The normalized spacial score (nSPS) is 20.6. The molecule has 1 saturated heterocycles. The number of carboxylic acid groups (broad SMARTS) is 1. The number of thioether (sulfide) groups is 1. The number of benzene rings is 1. The molecule has 1 fully saturated rings. The summed E-state index contributed by atoms with van der Waals surface area (Å²) in [7, 11) is 0. The first-order valence-corrected chi connectivity index (χ1v) is 7.05. The lowest BCUT2D eigenvalue weighted by Crippen LogP contribution is -2.29. The molecule has 2 atom stereocenters. The predicted octanol–water partition coefficient (Wildman–Crippen LogP) is 2.22. The zero-order chi connectivity index (χ0) is 13.0. The highest BCUT2D eigenvalue weighted by Crippen LogP contribution is 2.31. The van der Waals surface area contributed by atoms with E-state index < -0.39 is 11.9 Å². The van der Waals surface area contributed by atoms with E-state index in [0.29, 0.717) is 5.75 Å². The van der Waals surface area contributed by atoms with Gasteiger partial charge < -0.3 is 14.9 Å². The van der Waals surface area contributed by atoms with E-state index in [1.165, 1.54) is 6.07 Å². The fourth-order valence-electron chi connectivity index (χ4n) is 2.04. The van der Waals surface area contributed by atoms with Crippen LogP contribution in [-0.2, 0) is 4.79 Å². The maximum absolute atomic E-state index is 11.2. The van der Waals surface area contributed by atoms with Crippen molar-refractivity contribution >= 4 is 17.7 Å². The van der Waals surface area contributed by atoms with Crippen LogP contribution in [0.4, 0.5) is 0 Å². The zero-order valence-corrected chi connectivity index (χ0v) is 10.7. The van der Waals surface area contributed by atoms with Crippen LogP contribution in [0.15, 0.2) is 24.3 Å². The molecule has 0 amide bonds. The number of aromatic hydroxyl groups is 1. The second-order valence-corrected chi connectivity index (χ2v) is 5.50. The van der Waals surface area contributed by atoms with E-state index in [1.807, 2.05) is 0 Å². The highest BCUT2D eigenvalue weighted by Gasteiger charge is 2.31. The minimum absolute atomic E-state index is 0.0439. The molecule has 0 radical (unpaired) electrons. The number of hydrogen-bond donors (Lipinski definition) is 2. The lowest BCUT2D eigenvalue weighted by atomic mass is 9.93. The molecule has 5 heteroatoms. The van der Waals surface area contributed by atoms with Crippen molar-refractivity contribution in [3.8, 4) is 11.5 Å². The van der Waals surface area contributed by atoms with Crippen molar-refractivity contribution in [2.24, 2.45) is 11.8 Å². The van der Waals surface area contributed by atoms with Crippen LogP contribution in [0.5, 0.6) is 11.5 Å². The molecule has 1 aliphatic rings. The van der Waals surface area contributed by atoms with Crippen molar-refractivity contribution in [2.75, 3.05) is 18.1 Å². The second kappa shape index (κ2) is 6.00. The van der Waals surface area contributed by atoms with E-state index in [9.17, 15) is 15.0 Å². The van der Waals surface area contributed by atoms with E-state index >= 15 is 0 Å². The van der Waals surface area contributed by atoms with Crippen LogP contribution in [0, 0.1) is 11.8 Å². The lowest BCUT2D eigenvalue weighted by molar-refractivity contribution is -0.144. The maximum atomic E-state index is 11.2. The Hall–Kier alpha value is -1.36. The molecule has 0 aromatic heterocycles. The Labute approximate surface area is 110 Å². The molecule has 1 aromatic carbocycles. The molecule has 1 aliphatic heterocycles. The zero-order valence-electron chi connectivity index (χ0n) is 9.91. The Morgan fingerprint density at radius 3 is 2.89 bits per heavy atom. The molecule has 0 bridgehead atoms. The molecule has 0 saturated carbocycles. The molecule has 2 N–H and O–H groups in total. The van der Waals surface area contributed by atoms with Crippen LogP contribution in [0.3, 0.4) is 0 Å². The van der Waals surface area contributed by atoms with E-state index in [4.69, 9.17) is 4.74 Å². The topological polar surface area (TPSA) is 66.8 Å². The number of carbonyl (C=O) groups is 1. The van der Waals surface area contributed by atoms with Crippen molar-refractivity contribution in [1.82, 2.24) is 0 Å². The maximum Gasteiger partial charge on any atom is 0.310 e. The van der Waals surface area contributed by atoms with Crippen molar-refractivity contribution in [3.05, 3.63) is 24.3 Å². The summed E-state index contributed by atoms with van der Waals surface area (Å²) in [5.41, 5.74) is 0. The van der Waals surface area contributed by atoms with Gasteiger partial charge in [-0.1, -0.05) is 12.1 Å². The summed E-state index contributed by atoms with van der Waals surface area (Å²) in [6, 6.07) is 6.61. The summed E-state index contributed by atoms with van der Waals surface area (Å²) >= 11 is 1.78. The van der Waals surface area contributed by atoms with Gasteiger partial charge in [0, 0.05) is 0 Å². The summed E-state index contributed by atoms with van der Waals surface area (Å²) < 4.78 is 5.43. The van der Waals surface area contributed by atoms with Crippen molar-refractivity contribution in [2.45, 2.75) is 6.42 Å². The Bertz CT molecular complexity index is 415. The summed E-state index contributed by atoms with van der Waals surface area (Å²) in [5, 5.41) is 18.8. The summed E-state index contributed by atoms with van der Waals surface area (Å²) in [6.07, 6.45) is 0.922. The number of phenolic OH excluding ortho intramolecular Hbond substituents is 1. The van der Waals surface area contributed by atoms with Gasteiger partial charge in [-0.15, -0.1) is 0 Å². The Morgan fingerprint density at radius 1 is 1.50 bits per heavy atom. The number of ether oxygens (including phenoxy) is 1. The third-order valence-corrected chi connectivity index (χ3v) is 4.32. The molecule has 4 nitrogen and oxygen atoms in total. The van der Waals surface area contributed by atoms with Crippen molar-refractivity contribution < 1.29 is 19.7 Å². The molecule has 1 aromatic rings. The lowest BCUT2D eigenvalue weighted by Gasteiger charge is -2.19. The first-order chi connectivity index (χ1) is 8.68. The van der Waals surface area contributed by atoms with Crippen LogP contribution in [0.1, 0.15) is 6.42 Å². The Morgan fingerprint density at radius 2 is 2.28 bits per heavy atom. The smallest absolute Gasteiger partial charge is 0.310 e. The molecule has 1 heterocycles. The Kier molecular flexibility index (Phi) is 4.36. The van der Waals surface area contributed by atoms with Gasteiger partial charge in [-0.25, -0.2) is 0 Å². The van der Waals surface area contributed by atoms with Gasteiger partial charge in [-0.2, -0.15) is 11.8 Å². The van der Waals surface area contributed by atoms with E-state index in [-0.39, 0.29) is 18.3 Å². The largest absolute Gasteiger partial charge is 0.504 e. The van der Waals surface area contributed by atoms with Crippen molar-refractivity contribution in [1.29, 1.82) is 0 Å². The SMILES string of the molecule is O=C(O)C(COc1ccccc1O)C1CCSC1. The van der Waals surface area contributed by atoms with Crippen LogP contribution in [0.25, 0.3) is 0 Å². The number of rotatable bonds is 5. The van der Waals surface area contributed by atoms with Gasteiger partial charge >= 0.3 is 5.97 Å². The number of aliphatic carboxylic acids is 1. The number of hydrogen-bond acceptors (Lipinski definition) is 4. The quantitative estimate of drug-likeness (QED) is 0.857. The molecule has 0 spiro atoms. The van der Waals surface area contributed by atoms with Crippen molar-refractivity contribution in [3.63, 3.8) is 0 Å². The monoisotopic (exact) mass is 268 g/mol. The number of carboxylic acids is 1. The molecule has 0 aliphatic carbocycles. The molecular formula is C13H16O4S. The Balaban J connectivity index is 1.97. The van der Waals surface area contributed by atoms with Gasteiger partial charge in [0.25, 0.3) is 0 Å². The number of para-hydroxylation sites is 2. The summed E-state index contributed by atoms with van der Waals surface area (Å²) in [5.74, 6) is 1.12.